The van der Waals surface area contributed by atoms with Crippen molar-refractivity contribution in [2.24, 2.45) is 0 Å². The maximum absolute atomic E-state index is 10.9. The molecule has 92 valence electrons. The molecule has 0 aliphatic carbocycles. The molecule has 2 aromatic rings. The number of hydrogen-bond acceptors (Lipinski definition) is 3. The highest BCUT2D eigenvalue weighted by Crippen LogP contribution is 2.18. The average molecular weight is 241 g/mol. The molecule has 0 aliphatic rings. The summed E-state index contributed by atoms with van der Waals surface area (Å²) in [6.45, 7) is 2.46. The highest BCUT2D eigenvalue weighted by atomic mass is 16.5. The Morgan fingerprint density at radius 3 is 2.89 bits per heavy atom. The lowest BCUT2D eigenvalue weighted by Gasteiger charge is -2.08. The number of carbonyl (C=O) groups is 1. The number of benzene rings is 1. The van der Waals surface area contributed by atoms with Gasteiger partial charge in [-0.15, -0.1) is 0 Å². The van der Waals surface area contributed by atoms with Gasteiger partial charge in [0.05, 0.1) is 12.2 Å². The monoisotopic (exact) mass is 241 g/mol. The zero-order valence-corrected chi connectivity index (χ0v) is 10.3. The number of pyridine rings is 1. The van der Waals surface area contributed by atoms with Gasteiger partial charge in [0.1, 0.15) is 5.75 Å². The minimum Gasteiger partial charge on any atom is -0.492 e. The van der Waals surface area contributed by atoms with E-state index < -0.39 is 0 Å². The largest absolute Gasteiger partial charge is 0.492 e. The van der Waals surface area contributed by atoms with Gasteiger partial charge in [-0.25, -0.2) is 0 Å². The summed E-state index contributed by atoms with van der Waals surface area (Å²) in [5, 5.41) is 0. The summed E-state index contributed by atoms with van der Waals surface area (Å²) in [6.07, 6.45) is 3.31. The third kappa shape index (κ3) is 3.17. The minimum atomic E-state index is 0.515. The lowest BCUT2D eigenvalue weighted by Crippen LogP contribution is -2.04. The minimum absolute atomic E-state index is 0.515. The molecule has 2 rings (SSSR count). The van der Waals surface area contributed by atoms with Crippen LogP contribution in [0.5, 0.6) is 5.75 Å². The summed E-state index contributed by atoms with van der Waals surface area (Å²) >= 11 is 0. The normalized spacial score (nSPS) is 10.1. The van der Waals surface area contributed by atoms with Gasteiger partial charge in [-0.1, -0.05) is 17.7 Å². The van der Waals surface area contributed by atoms with Crippen molar-refractivity contribution in [2.75, 3.05) is 6.61 Å². The first-order valence-electron chi connectivity index (χ1n) is 5.88. The van der Waals surface area contributed by atoms with Crippen molar-refractivity contribution in [1.82, 2.24) is 4.98 Å². The second-order valence-corrected chi connectivity index (χ2v) is 4.08. The highest BCUT2D eigenvalue weighted by Gasteiger charge is 2.03. The van der Waals surface area contributed by atoms with Gasteiger partial charge in [-0.05, 0) is 31.2 Å². The second kappa shape index (κ2) is 5.96. The summed E-state index contributed by atoms with van der Waals surface area (Å²) in [6, 6.07) is 11.4. The molecule has 0 atom stereocenters. The van der Waals surface area contributed by atoms with Crippen molar-refractivity contribution in [2.45, 2.75) is 13.3 Å². The van der Waals surface area contributed by atoms with Gasteiger partial charge in [0, 0.05) is 18.3 Å². The molecule has 0 fully saturated rings. The molecule has 3 nitrogen and oxygen atoms in total. The van der Waals surface area contributed by atoms with Crippen LogP contribution in [0.25, 0.3) is 0 Å². The number of ether oxygens (including phenoxy) is 1. The van der Waals surface area contributed by atoms with E-state index in [9.17, 15) is 4.79 Å². The van der Waals surface area contributed by atoms with E-state index in [-0.39, 0.29) is 0 Å². The van der Waals surface area contributed by atoms with E-state index in [4.69, 9.17) is 4.74 Å². The van der Waals surface area contributed by atoms with Crippen LogP contribution in [0, 0.1) is 6.92 Å². The van der Waals surface area contributed by atoms with Gasteiger partial charge in [-0.3, -0.25) is 9.78 Å². The number of aryl methyl sites for hydroxylation is 1. The lowest BCUT2D eigenvalue weighted by molar-refractivity contribution is 0.111. The molecular weight excluding hydrogens is 226 g/mol. The van der Waals surface area contributed by atoms with Crippen molar-refractivity contribution in [3.63, 3.8) is 0 Å². The molecule has 0 aliphatic heterocycles. The van der Waals surface area contributed by atoms with Gasteiger partial charge >= 0.3 is 0 Å². The summed E-state index contributed by atoms with van der Waals surface area (Å²) in [4.78, 5) is 15.1. The Morgan fingerprint density at radius 1 is 1.28 bits per heavy atom. The molecule has 1 aromatic heterocycles. The number of rotatable bonds is 5. The van der Waals surface area contributed by atoms with Crippen molar-refractivity contribution in [1.29, 1.82) is 0 Å². The van der Waals surface area contributed by atoms with Crippen molar-refractivity contribution >= 4 is 6.29 Å². The third-order valence-corrected chi connectivity index (χ3v) is 2.63. The number of aldehydes is 1. The van der Waals surface area contributed by atoms with E-state index in [1.807, 2.05) is 43.3 Å². The third-order valence-electron chi connectivity index (χ3n) is 2.63. The van der Waals surface area contributed by atoms with Gasteiger partial charge in [0.15, 0.2) is 6.29 Å². The van der Waals surface area contributed by atoms with Crippen LogP contribution in [0.15, 0.2) is 42.6 Å². The Balaban J connectivity index is 1.96. The molecule has 0 N–H and O–H groups in total. The molecule has 1 heterocycles. The van der Waals surface area contributed by atoms with Crippen molar-refractivity contribution in [3.8, 4) is 5.75 Å². The molecule has 0 spiro atoms. The van der Waals surface area contributed by atoms with E-state index in [0.29, 0.717) is 17.9 Å². The van der Waals surface area contributed by atoms with Crippen LogP contribution >= 0.6 is 0 Å². The summed E-state index contributed by atoms with van der Waals surface area (Å²) < 4.78 is 5.62. The fourth-order valence-corrected chi connectivity index (χ4v) is 1.70. The first kappa shape index (κ1) is 12.3. The highest BCUT2D eigenvalue weighted by molar-refractivity contribution is 5.79. The van der Waals surface area contributed by atoms with Gasteiger partial charge in [-0.2, -0.15) is 0 Å². The SMILES string of the molecule is Cc1ccc(OCCc2ccccn2)c(C=O)c1. The summed E-state index contributed by atoms with van der Waals surface area (Å²) in [7, 11) is 0. The molecule has 0 amide bonds. The Labute approximate surface area is 106 Å². The van der Waals surface area contributed by atoms with Gasteiger partial charge in [0.2, 0.25) is 0 Å². The summed E-state index contributed by atoms with van der Waals surface area (Å²) in [5.74, 6) is 0.631. The van der Waals surface area contributed by atoms with Crippen molar-refractivity contribution < 1.29 is 9.53 Å². The summed E-state index contributed by atoms with van der Waals surface area (Å²) in [5.41, 5.74) is 2.63. The number of nitrogens with zero attached hydrogens (tertiary/aromatic N) is 1. The van der Waals surface area contributed by atoms with Gasteiger partial charge < -0.3 is 4.74 Å². The zero-order chi connectivity index (χ0) is 12.8. The molecule has 18 heavy (non-hydrogen) atoms. The predicted molar refractivity (Wildman–Crippen MR) is 70.0 cm³/mol. The topological polar surface area (TPSA) is 39.2 Å². The van der Waals surface area contributed by atoms with Crippen LogP contribution in [-0.4, -0.2) is 17.9 Å². The van der Waals surface area contributed by atoms with E-state index in [2.05, 4.69) is 4.98 Å². The standard InChI is InChI=1S/C15H15NO2/c1-12-5-6-15(13(10-12)11-17)18-9-7-14-4-2-3-8-16-14/h2-6,8,10-11H,7,9H2,1H3. The van der Waals surface area contributed by atoms with Gasteiger partial charge in [0.25, 0.3) is 0 Å². The number of aromatic nitrogens is 1. The second-order valence-electron chi connectivity index (χ2n) is 4.08. The molecule has 1 aromatic carbocycles. The zero-order valence-electron chi connectivity index (χ0n) is 10.3. The van der Waals surface area contributed by atoms with Crippen LogP contribution in [0.2, 0.25) is 0 Å². The Hall–Kier alpha value is -2.16. The Kier molecular flexibility index (Phi) is 4.07. The molecule has 0 saturated heterocycles. The van der Waals surface area contributed by atoms with Crippen LogP contribution in [0.3, 0.4) is 0 Å². The van der Waals surface area contributed by atoms with Crippen LogP contribution < -0.4 is 4.74 Å². The van der Waals surface area contributed by atoms with E-state index in [1.165, 1.54) is 0 Å². The maximum atomic E-state index is 10.9. The molecule has 0 radical (unpaired) electrons. The van der Waals surface area contributed by atoms with Crippen molar-refractivity contribution in [3.05, 3.63) is 59.4 Å². The fraction of sp³-hybridized carbons (Fsp3) is 0.200. The van der Waals surface area contributed by atoms with E-state index >= 15 is 0 Å². The number of carbonyl (C=O) groups excluding carboxylic acids is 1. The average Bonchev–Trinajstić information content (AvgIpc) is 2.41. The molecular formula is C15H15NO2. The first-order chi connectivity index (χ1) is 8.79. The van der Waals surface area contributed by atoms with Crippen LogP contribution in [0.1, 0.15) is 21.6 Å². The van der Waals surface area contributed by atoms with E-state index in [1.54, 1.807) is 6.20 Å². The van der Waals surface area contributed by atoms with Crippen LogP contribution in [-0.2, 0) is 6.42 Å². The fourth-order valence-electron chi connectivity index (χ4n) is 1.70. The maximum Gasteiger partial charge on any atom is 0.153 e. The first-order valence-corrected chi connectivity index (χ1v) is 5.88. The van der Waals surface area contributed by atoms with Crippen LogP contribution in [0.4, 0.5) is 0 Å². The Bertz CT molecular complexity index is 523. The molecule has 0 saturated carbocycles. The molecule has 3 heteroatoms. The smallest absolute Gasteiger partial charge is 0.153 e. The molecule has 0 unspecified atom stereocenters. The lowest BCUT2D eigenvalue weighted by atomic mass is 10.1. The molecule has 0 bridgehead atoms. The quantitative estimate of drug-likeness (QED) is 0.756. The predicted octanol–water partition coefficient (Wildman–Crippen LogP) is 2.82. The number of hydrogen-bond donors (Lipinski definition) is 0. The Morgan fingerprint density at radius 2 is 2.17 bits per heavy atom. The van der Waals surface area contributed by atoms with E-state index in [0.717, 1.165) is 24.0 Å².